The number of carbonyl (C=O) groups excluding carboxylic acids is 2. The molecule has 1 saturated heterocycles. The maximum absolute atomic E-state index is 12.8. The Morgan fingerprint density at radius 1 is 1.08 bits per heavy atom. The number of fused-ring (bicyclic) bond motifs is 2. The van der Waals surface area contributed by atoms with Crippen LogP contribution in [0.5, 0.6) is 0 Å². The molecule has 3 aliphatic heterocycles. The van der Waals surface area contributed by atoms with E-state index in [0.717, 1.165) is 86.6 Å². The maximum atomic E-state index is 12.8. The number of nitrogens with one attached hydrogen (secondary N) is 1. The lowest BCUT2D eigenvalue weighted by Gasteiger charge is -2.29. The van der Waals surface area contributed by atoms with Crippen LogP contribution >= 0.6 is 0 Å². The average molecular weight is 488 g/mol. The summed E-state index contributed by atoms with van der Waals surface area (Å²) < 4.78 is 2.15. The van der Waals surface area contributed by atoms with Crippen LogP contribution < -0.4 is 5.32 Å². The molecule has 0 aromatic carbocycles. The standard InChI is InChI=1S/C27H33N7O2/c1-19(26-31-30-24-9-6-13-34(24)26)7-5-8-20(2)29-27(36)23-15-22-17-32(14-10-21(22)16-28-23)18-25(35)33-11-3-4-12-33/h5,7-8,15-16H,2-4,6,9-14,17-18H2,1H3,(H,29,36)/b8-5-,19-7+. The van der Waals surface area contributed by atoms with Crippen LogP contribution in [0.1, 0.15) is 59.5 Å². The van der Waals surface area contributed by atoms with Gasteiger partial charge in [0.15, 0.2) is 5.82 Å². The van der Waals surface area contributed by atoms with Crippen molar-refractivity contribution in [1.82, 2.24) is 34.9 Å². The molecule has 2 amide bonds. The summed E-state index contributed by atoms with van der Waals surface area (Å²) in [5.41, 5.74) is 4.02. The molecule has 2 aromatic rings. The largest absolute Gasteiger partial charge is 0.342 e. The van der Waals surface area contributed by atoms with E-state index in [-0.39, 0.29) is 11.8 Å². The van der Waals surface area contributed by atoms with E-state index >= 15 is 0 Å². The van der Waals surface area contributed by atoms with Crippen LogP contribution in [0.25, 0.3) is 5.57 Å². The molecule has 1 N–H and O–H groups in total. The number of likely N-dealkylation sites (tertiary alicyclic amines) is 1. The van der Waals surface area contributed by atoms with Gasteiger partial charge in [0.2, 0.25) is 5.91 Å². The Morgan fingerprint density at radius 2 is 1.92 bits per heavy atom. The van der Waals surface area contributed by atoms with E-state index in [4.69, 9.17) is 0 Å². The van der Waals surface area contributed by atoms with Gasteiger partial charge in [0.1, 0.15) is 11.5 Å². The van der Waals surface area contributed by atoms with Crippen LogP contribution in [0.3, 0.4) is 0 Å². The molecule has 3 aliphatic rings. The van der Waals surface area contributed by atoms with Gasteiger partial charge in [0, 0.05) is 51.0 Å². The number of aryl methyl sites for hydroxylation is 1. The maximum Gasteiger partial charge on any atom is 0.274 e. The highest BCUT2D eigenvalue weighted by molar-refractivity contribution is 5.93. The monoisotopic (exact) mass is 487 g/mol. The third-order valence-corrected chi connectivity index (χ3v) is 7.10. The Hall–Kier alpha value is -3.59. The smallest absolute Gasteiger partial charge is 0.274 e. The highest BCUT2D eigenvalue weighted by Crippen LogP contribution is 2.21. The quantitative estimate of drug-likeness (QED) is 0.603. The van der Waals surface area contributed by atoms with E-state index in [1.807, 2.05) is 30.0 Å². The summed E-state index contributed by atoms with van der Waals surface area (Å²) in [6, 6.07) is 1.84. The van der Waals surface area contributed by atoms with Gasteiger partial charge < -0.3 is 14.8 Å². The van der Waals surface area contributed by atoms with Crippen LogP contribution in [0.4, 0.5) is 0 Å². The van der Waals surface area contributed by atoms with Crippen molar-refractivity contribution >= 4 is 17.4 Å². The summed E-state index contributed by atoms with van der Waals surface area (Å²) >= 11 is 0. The summed E-state index contributed by atoms with van der Waals surface area (Å²) in [5.74, 6) is 1.82. The second-order valence-corrected chi connectivity index (χ2v) is 9.77. The molecule has 0 unspecified atom stereocenters. The van der Waals surface area contributed by atoms with Gasteiger partial charge in [-0.15, -0.1) is 10.2 Å². The van der Waals surface area contributed by atoms with E-state index in [2.05, 4.69) is 36.5 Å². The summed E-state index contributed by atoms with van der Waals surface area (Å²) in [5, 5.41) is 11.3. The van der Waals surface area contributed by atoms with Crippen molar-refractivity contribution < 1.29 is 9.59 Å². The van der Waals surface area contributed by atoms with Crippen LogP contribution in [0, 0.1) is 0 Å². The Kier molecular flexibility index (Phi) is 7.09. The first-order valence-corrected chi connectivity index (χ1v) is 12.7. The minimum Gasteiger partial charge on any atom is -0.342 e. The molecule has 5 rings (SSSR count). The second kappa shape index (κ2) is 10.6. The lowest BCUT2D eigenvalue weighted by atomic mass is 10.0. The Morgan fingerprint density at radius 3 is 2.75 bits per heavy atom. The van der Waals surface area contributed by atoms with Crippen molar-refractivity contribution in [2.24, 2.45) is 0 Å². The van der Waals surface area contributed by atoms with Gasteiger partial charge in [-0.2, -0.15) is 0 Å². The van der Waals surface area contributed by atoms with E-state index < -0.39 is 0 Å². The lowest BCUT2D eigenvalue weighted by Crippen LogP contribution is -2.41. The van der Waals surface area contributed by atoms with Crippen molar-refractivity contribution in [3.05, 3.63) is 71.2 Å². The molecule has 1 fully saturated rings. The van der Waals surface area contributed by atoms with Crippen molar-refractivity contribution in [2.75, 3.05) is 26.2 Å². The predicted molar refractivity (Wildman–Crippen MR) is 137 cm³/mol. The zero-order valence-corrected chi connectivity index (χ0v) is 20.9. The molecule has 0 bridgehead atoms. The first-order chi connectivity index (χ1) is 17.5. The van der Waals surface area contributed by atoms with Gasteiger partial charge in [0.25, 0.3) is 5.91 Å². The highest BCUT2D eigenvalue weighted by Gasteiger charge is 2.24. The van der Waals surface area contributed by atoms with Crippen LogP contribution in [0.2, 0.25) is 0 Å². The minimum atomic E-state index is -0.298. The van der Waals surface area contributed by atoms with Gasteiger partial charge in [-0.25, -0.2) is 0 Å². The fraction of sp³-hybridized carbons (Fsp3) is 0.444. The molecule has 0 aliphatic carbocycles. The molecule has 0 spiro atoms. The zero-order chi connectivity index (χ0) is 25.1. The molecule has 0 saturated carbocycles. The topological polar surface area (TPSA) is 96.2 Å². The number of allylic oxidation sites excluding steroid dienone is 4. The molecule has 0 atom stereocenters. The molecule has 9 nitrogen and oxygen atoms in total. The third-order valence-electron chi connectivity index (χ3n) is 7.10. The van der Waals surface area contributed by atoms with Gasteiger partial charge in [-0.05, 0) is 61.4 Å². The first-order valence-electron chi connectivity index (χ1n) is 12.7. The van der Waals surface area contributed by atoms with Gasteiger partial charge in [0.05, 0.1) is 6.54 Å². The molecule has 0 radical (unpaired) electrons. The highest BCUT2D eigenvalue weighted by atomic mass is 16.2. The molecule has 188 valence electrons. The van der Waals surface area contributed by atoms with Crippen LogP contribution in [0.15, 0.2) is 42.8 Å². The van der Waals surface area contributed by atoms with Crippen LogP contribution in [-0.2, 0) is 30.7 Å². The molecule has 36 heavy (non-hydrogen) atoms. The van der Waals surface area contributed by atoms with E-state index in [0.29, 0.717) is 24.5 Å². The van der Waals surface area contributed by atoms with Crippen molar-refractivity contribution in [2.45, 2.75) is 52.1 Å². The van der Waals surface area contributed by atoms with E-state index in [1.165, 1.54) is 0 Å². The molecule has 9 heteroatoms. The first kappa shape index (κ1) is 24.1. The van der Waals surface area contributed by atoms with Gasteiger partial charge in [-0.1, -0.05) is 18.7 Å². The minimum absolute atomic E-state index is 0.198. The molecular formula is C27H33N7O2. The number of hydrogen-bond donors (Lipinski definition) is 1. The predicted octanol–water partition coefficient (Wildman–Crippen LogP) is 2.50. The summed E-state index contributed by atoms with van der Waals surface area (Å²) in [7, 11) is 0. The number of pyridine rings is 1. The number of carbonyl (C=O) groups is 2. The van der Waals surface area contributed by atoms with E-state index in [9.17, 15) is 9.59 Å². The van der Waals surface area contributed by atoms with Gasteiger partial charge in [-0.3, -0.25) is 19.5 Å². The fourth-order valence-corrected chi connectivity index (χ4v) is 5.09. The number of nitrogens with zero attached hydrogens (tertiary/aromatic N) is 6. The molecular weight excluding hydrogens is 454 g/mol. The normalized spacial score (nSPS) is 17.9. The summed E-state index contributed by atoms with van der Waals surface area (Å²) in [6.45, 7) is 10.5. The van der Waals surface area contributed by atoms with Crippen molar-refractivity contribution in [3.8, 4) is 0 Å². The summed E-state index contributed by atoms with van der Waals surface area (Å²) in [4.78, 5) is 33.8. The van der Waals surface area contributed by atoms with Gasteiger partial charge >= 0.3 is 0 Å². The van der Waals surface area contributed by atoms with Crippen LogP contribution in [-0.4, -0.2) is 67.5 Å². The Bertz CT molecular complexity index is 1240. The number of hydrogen-bond acceptors (Lipinski definition) is 6. The zero-order valence-electron chi connectivity index (χ0n) is 20.9. The third kappa shape index (κ3) is 5.31. The SMILES string of the molecule is C=C(/C=C\C=C(/C)c1nnc2n1CCC2)NC(=O)c1cc2c(cn1)CCN(CC(=O)N1CCCC1)C2. The number of amides is 2. The summed E-state index contributed by atoms with van der Waals surface area (Å²) in [6.07, 6.45) is 12.4. The average Bonchev–Trinajstić information content (AvgIpc) is 3.62. The number of rotatable bonds is 7. The van der Waals surface area contributed by atoms with E-state index in [1.54, 1.807) is 12.3 Å². The molecule has 2 aromatic heterocycles. The Balaban J connectivity index is 1.17. The fourth-order valence-electron chi connectivity index (χ4n) is 5.09. The Labute approximate surface area is 211 Å². The van der Waals surface area contributed by atoms with Crippen molar-refractivity contribution in [1.29, 1.82) is 0 Å². The molecule has 5 heterocycles. The second-order valence-electron chi connectivity index (χ2n) is 9.77. The number of aromatic nitrogens is 4. The van der Waals surface area contributed by atoms with Crippen molar-refractivity contribution in [3.63, 3.8) is 0 Å². The lowest BCUT2D eigenvalue weighted by molar-refractivity contribution is -0.131.